The molecule has 29 heavy (non-hydrogen) atoms. The zero-order chi connectivity index (χ0) is 19.9. The first-order valence-electron chi connectivity index (χ1n) is 9.11. The zero-order valence-electron chi connectivity index (χ0n) is 16.4. The number of benzene rings is 1. The van der Waals surface area contributed by atoms with Crippen molar-refractivity contribution in [2.24, 2.45) is 0 Å². The predicted octanol–water partition coefficient (Wildman–Crippen LogP) is -0.0452. The molecular weight excluding hydrogens is 405 g/mol. The van der Waals surface area contributed by atoms with Gasteiger partial charge in [-0.1, -0.05) is 6.07 Å². The van der Waals surface area contributed by atoms with Crippen molar-refractivity contribution in [3.05, 3.63) is 57.1 Å². The van der Waals surface area contributed by atoms with E-state index in [9.17, 15) is 18.0 Å². The van der Waals surface area contributed by atoms with Crippen LogP contribution in [0.1, 0.15) is 45.5 Å². The minimum Gasteiger partial charge on any atom is -0.465 e. The van der Waals surface area contributed by atoms with E-state index in [1.165, 1.54) is 24.3 Å². The zero-order valence-corrected chi connectivity index (χ0v) is 19.2. The summed E-state index contributed by atoms with van der Waals surface area (Å²) in [6, 6.07) is 2.57. The molecule has 1 aromatic heterocycles. The van der Waals surface area contributed by atoms with Crippen LogP contribution in [0.4, 0.5) is 10.5 Å². The second kappa shape index (κ2) is 8.51. The summed E-state index contributed by atoms with van der Waals surface area (Å²) < 4.78 is 33.4. The van der Waals surface area contributed by atoms with Gasteiger partial charge in [-0.15, -0.1) is 0 Å². The number of hydrogen-bond donors (Lipinski definition) is 1. The van der Waals surface area contributed by atoms with Crippen LogP contribution >= 0.6 is 0 Å². The quantitative estimate of drug-likeness (QED) is 0.546. The summed E-state index contributed by atoms with van der Waals surface area (Å²) in [4.78, 5) is 23.9. The summed E-state index contributed by atoms with van der Waals surface area (Å²) in [5, 5.41) is 2.72. The third kappa shape index (κ3) is 4.23. The summed E-state index contributed by atoms with van der Waals surface area (Å²) in [6.45, 7) is 0. The van der Waals surface area contributed by atoms with Crippen molar-refractivity contribution in [2.75, 3.05) is 12.4 Å². The molecule has 4 rings (SSSR count). The molecular formula is C19H20N3NaO5S. The molecule has 8 nitrogen and oxygen atoms in total. The van der Waals surface area contributed by atoms with Crippen molar-refractivity contribution in [2.45, 2.75) is 38.5 Å². The largest absolute Gasteiger partial charge is 1.00 e. The molecule has 2 aliphatic rings. The van der Waals surface area contributed by atoms with E-state index in [0.29, 0.717) is 0 Å². The number of nitrogens with one attached hydrogen (secondary N) is 1. The van der Waals surface area contributed by atoms with E-state index in [0.717, 1.165) is 71.7 Å². The third-order valence-electron chi connectivity index (χ3n) is 5.26. The van der Waals surface area contributed by atoms with Gasteiger partial charge in [0.2, 0.25) is 0 Å². The van der Waals surface area contributed by atoms with E-state index in [1.807, 2.05) is 0 Å². The number of carbonyl (C=O) groups excluding carboxylic acids is 2. The number of amides is 2. The van der Waals surface area contributed by atoms with Gasteiger partial charge in [-0.3, -0.25) is 4.79 Å². The van der Waals surface area contributed by atoms with Crippen LogP contribution in [0.3, 0.4) is 0 Å². The van der Waals surface area contributed by atoms with Gasteiger partial charge in [0, 0.05) is 12.4 Å². The number of rotatable bonds is 4. The minimum absolute atomic E-state index is 0. The molecule has 10 heteroatoms. The molecule has 2 aliphatic carbocycles. The first-order valence-corrected chi connectivity index (χ1v) is 10.5. The fourth-order valence-electron chi connectivity index (χ4n) is 4.01. The molecule has 0 radical (unpaired) electrons. The number of urea groups is 1. The molecule has 0 atom stereocenters. The Bertz CT molecular complexity index is 1050. The molecule has 148 valence electrons. The van der Waals surface area contributed by atoms with E-state index >= 15 is 0 Å². The third-order valence-corrected chi connectivity index (χ3v) is 6.41. The number of hydrogen-bond acceptors (Lipinski definition) is 5. The SMILES string of the molecule is COC(=O)c1ccn(S(=O)(=O)[N-]C(=O)Nc2c3c(cc4c2CCC4)CCC3)c1.[Na+]. The van der Waals surface area contributed by atoms with E-state index in [4.69, 9.17) is 0 Å². The normalized spacial score (nSPS) is 14.5. The smallest absolute Gasteiger partial charge is 0.465 e. The van der Waals surface area contributed by atoms with Gasteiger partial charge in [0.25, 0.3) is 10.2 Å². The van der Waals surface area contributed by atoms with Gasteiger partial charge >= 0.3 is 35.5 Å². The van der Waals surface area contributed by atoms with Crippen LogP contribution in [0, 0.1) is 0 Å². The molecule has 0 unspecified atom stereocenters. The maximum atomic E-state index is 12.4. The summed E-state index contributed by atoms with van der Waals surface area (Å²) in [5.41, 5.74) is 5.43. The van der Waals surface area contributed by atoms with Crippen LogP contribution in [0.25, 0.3) is 4.72 Å². The number of methoxy groups -OCH3 is 1. The molecule has 0 fully saturated rings. The van der Waals surface area contributed by atoms with Gasteiger partial charge in [0.05, 0.1) is 12.7 Å². The maximum Gasteiger partial charge on any atom is 1.00 e. The van der Waals surface area contributed by atoms with E-state index < -0.39 is 22.2 Å². The Labute approximate surface area is 191 Å². The number of ether oxygens (including phenoxy) is 1. The van der Waals surface area contributed by atoms with Crippen molar-refractivity contribution in [3.8, 4) is 0 Å². The van der Waals surface area contributed by atoms with Crippen molar-refractivity contribution < 1.29 is 52.3 Å². The monoisotopic (exact) mass is 425 g/mol. The number of anilines is 1. The topological polar surface area (TPSA) is 109 Å². The molecule has 2 aromatic rings. The fourth-order valence-corrected chi connectivity index (χ4v) is 4.82. The minimum atomic E-state index is -4.31. The number of aromatic nitrogens is 1. The number of nitrogens with zero attached hydrogens (tertiary/aromatic N) is 2. The van der Waals surface area contributed by atoms with Crippen LogP contribution in [0.5, 0.6) is 0 Å². The Kier molecular flexibility index (Phi) is 6.42. The Morgan fingerprint density at radius 1 is 1.10 bits per heavy atom. The van der Waals surface area contributed by atoms with Crippen molar-refractivity contribution >= 4 is 27.9 Å². The molecule has 0 bridgehead atoms. The van der Waals surface area contributed by atoms with Crippen LogP contribution in [0.15, 0.2) is 24.5 Å². The van der Waals surface area contributed by atoms with Crippen LogP contribution in [0.2, 0.25) is 0 Å². The molecule has 1 heterocycles. The molecule has 0 saturated carbocycles. The molecule has 1 N–H and O–H groups in total. The van der Waals surface area contributed by atoms with Gasteiger partial charge in [-0.25, -0.2) is 17.2 Å². The molecule has 0 spiro atoms. The summed E-state index contributed by atoms with van der Waals surface area (Å²) in [5.74, 6) is -0.672. The number of esters is 1. The average molecular weight is 425 g/mol. The Balaban J connectivity index is 0.00000240. The fraction of sp³-hybridized carbons (Fsp3) is 0.368. The second-order valence-electron chi connectivity index (χ2n) is 6.95. The summed E-state index contributed by atoms with van der Waals surface area (Å²) >= 11 is 0. The molecule has 2 amide bonds. The van der Waals surface area contributed by atoms with Crippen LogP contribution in [-0.4, -0.2) is 31.5 Å². The van der Waals surface area contributed by atoms with Gasteiger partial charge < -0.3 is 14.8 Å². The van der Waals surface area contributed by atoms with Gasteiger partial charge in [-0.2, -0.15) is 0 Å². The van der Waals surface area contributed by atoms with Crippen molar-refractivity contribution in [1.82, 2.24) is 3.97 Å². The molecule has 0 aliphatic heterocycles. The Hall–Kier alpha value is -1.81. The van der Waals surface area contributed by atoms with Crippen LogP contribution < -0.4 is 34.9 Å². The summed E-state index contributed by atoms with van der Waals surface area (Å²) in [6.07, 6.45) is 7.94. The van der Waals surface area contributed by atoms with Crippen molar-refractivity contribution in [1.29, 1.82) is 0 Å². The van der Waals surface area contributed by atoms with Gasteiger partial charge in [0.1, 0.15) is 0 Å². The number of carbonyl (C=O) groups is 2. The summed E-state index contributed by atoms with van der Waals surface area (Å²) in [7, 11) is -3.11. The van der Waals surface area contributed by atoms with E-state index in [1.54, 1.807) is 0 Å². The van der Waals surface area contributed by atoms with Crippen molar-refractivity contribution in [3.63, 3.8) is 0 Å². The predicted molar refractivity (Wildman–Crippen MR) is 103 cm³/mol. The first-order chi connectivity index (χ1) is 13.4. The van der Waals surface area contributed by atoms with Gasteiger partial charge in [0.15, 0.2) is 6.03 Å². The average Bonchev–Trinajstić information content (AvgIpc) is 3.39. The molecule has 0 saturated heterocycles. The number of aryl methyl sites for hydroxylation is 2. The van der Waals surface area contributed by atoms with E-state index in [2.05, 4.69) is 20.8 Å². The molecule has 1 aromatic carbocycles. The standard InChI is InChI=1S/C19H21N3O5S.Na/c1-27-18(23)14-8-9-22(11-14)28(25,26)21-19(24)20-17-15-6-2-4-12(15)10-13-5-3-7-16(13)17;/h8-11H,2-7H2,1H3,(H2,20,21,24);/q;+1/p-1. The Morgan fingerprint density at radius 3 is 2.31 bits per heavy atom. The second-order valence-corrected chi connectivity index (χ2v) is 8.45. The van der Waals surface area contributed by atoms with E-state index in [-0.39, 0.29) is 35.1 Å². The first kappa shape index (κ1) is 21.9. The number of fused-ring (bicyclic) bond motifs is 2. The van der Waals surface area contributed by atoms with Gasteiger partial charge in [-0.05, 0) is 72.5 Å². The Morgan fingerprint density at radius 2 is 1.72 bits per heavy atom. The van der Waals surface area contributed by atoms with Crippen LogP contribution in [-0.2, 0) is 40.6 Å². The maximum absolute atomic E-state index is 12.4.